The first-order valence-electron chi connectivity index (χ1n) is 6.23. The average Bonchev–Trinajstić information content (AvgIpc) is 3.07. The Bertz CT molecular complexity index is 667. The summed E-state index contributed by atoms with van der Waals surface area (Å²) in [6, 6.07) is 5.28. The smallest absolute Gasteiger partial charge is 0.254 e. The third-order valence-corrected chi connectivity index (χ3v) is 5.06. The van der Waals surface area contributed by atoms with Crippen LogP contribution in [0.25, 0.3) is 0 Å². The lowest BCUT2D eigenvalue weighted by molar-refractivity contribution is -0.121. The molecule has 0 saturated carbocycles. The second kappa shape index (κ2) is 5.80. The fourth-order valence-electron chi connectivity index (χ4n) is 2.13. The van der Waals surface area contributed by atoms with Crippen LogP contribution in [0.15, 0.2) is 39.7 Å². The van der Waals surface area contributed by atoms with Gasteiger partial charge in [-0.3, -0.25) is 14.2 Å². The van der Waals surface area contributed by atoms with Crippen LogP contribution in [0.4, 0.5) is 0 Å². The zero-order chi connectivity index (χ0) is 13.9. The minimum absolute atomic E-state index is 0.0346. The van der Waals surface area contributed by atoms with Crippen molar-refractivity contribution in [1.82, 2.24) is 14.9 Å². The van der Waals surface area contributed by atoms with E-state index in [4.69, 9.17) is 0 Å². The van der Waals surface area contributed by atoms with Gasteiger partial charge in [0.25, 0.3) is 5.56 Å². The molecule has 0 aliphatic carbocycles. The van der Waals surface area contributed by atoms with E-state index in [0.29, 0.717) is 18.1 Å². The number of carbonyl (C=O) groups excluding carboxylic acids is 1. The number of carbonyl (C=O) groups is 1. The van der Waals surface area contributed by atoms with Crippen molar-refractivity contribution >= 4 is 29.0 Å². The third kappa shape index (κ3) is 2.78. The number of nitrogens with zero attached hydrogens (tertiary/aromatic N) is 2. The van der Waals surface area contributed by atoms with Gasteiger partial charge in [0, 0.05) is 29.3 Å². The van der Waals surface area contributed by atoms with Gasteiger partial charge in [-0.25, -0.2) is 4.98 Å². The average molecular weight is 307 g/mol. The second-order valence-electron chi connectivity index (χ2n) is 4.46. The monoisotopic (exact) mass is 307 g/mol. The first-order valence-corrected chi connectivity index (χ1v) is 8.10. The molecule has 0 bridgehead atoms. The van der Waals surface area contributed by atoms with E-state index >= 15 is 0 Å². The van der Waals surface area contributed by atoms with Crippen LogP contribution in [-0.2, 0) is 11.3 Å². The predicted octanol–water partition coefficient (Wildman–Crippen LogP) is 1.66. The molecule has 1 N–H and O–H groups in total. The first-order chi connectivity index (χ1) is 9.74. The lowest BCUT2D eigenvalue weighted by atomic mass is 10.2. The van der Waals surface area contributed by atoms with Crippen LogP contribution in [0.2, 0.25) is 0 Å². The molecular weight excluding hydrogens is 294 g/mol. The van der Waals surface area contributed by atoms with Gasteiger partial charge in [0.15, 0.2) is 5.16 Å². The lowest BCUT2D eigenvalue weighted by Crippen LogP contribution is -2.29. The summed E-state index contributed by atoms with van der Waals surface area (Å²) in [5, 5.41) is 5.57. The summed E-state index contributed by atoms with van der Waals surface area (Å²) in [7, 11) is 0. The van der Waals surface area contributed by atoms with Crippen molar-refractivity contribution in [3.8, 4) is 0 Å². The largest absolute Gasteiger partial charge is 0.351 e. The van der Waals surface area contributed by atoms with E-state index in [0.717, 1.165) is 10.6 Å². The van der Waals surface area contributed by atoms with Gasteiger partial charge in [-0.05, 0) is 11.4 Å². The van der Waals surface area contributed by atoms with Gasteiger partial charge < -0.3 is 5.32 Å². The van der Waals surface area contributed by atoms with E-state index < -0.39 is 0 Å². The molecule has 1 atom stereocenters. The van der Waals surface area contributed by atoms with Crippen LogP contribution < -0.4 is 10.9 Å². The van der Waals surface area contributed by atoms with Crippen molar-refractivity contribution in [2.75, 3.05) is 5.75 Å². The molecule has 3 rings (SSSR count). The zero-order valence-corrected chi connectivity index (χ0v) is 12.2. The molecule has 0 saturated heterocycles. The van der Waals surface area contributed by atoms with Crippen molar-refractivity contribution in [2.24, 2.45) is 0 Å². The molecule has 0 fully saturated rings. The summed E-state index contributed by atoms with van der Waals surface area (Å²) >= 11 is 3.14. The van der Waals surface area contributed by atoms with Gasteiger partial charge >= 0.3 is 0 Å². The highest BCUT2D eigenvalue weighted by atomic mass is 32.2. The Hall–Kier alpha value is -1.60. The van der Waals surface area contributed by atoms with Crippen LogP contribution in [0.3, 0.4) is 0 Å². The number of hydrogen-bond donors (Lipinski definition) is 1. The quantitative estimate of drug-likeness (QED) is 0.873. The molecule has 2 aromatic rings. The van der Waals surface area contributed by atoms with Crippen LogP contribution in [0, 0.1) is 0 Å². The summed E-state index contributed by atoms with van der Waals surface area (Å²) in [6.45, 7) is 0.547. The second-order valence-corrected chi connectivity index (χ2v) is 6.48. The highest BCUT2D eigenvalue weighted by Crippen LogP contribution is 2.31. The van der Waals surface area contributed by atoms with Crippen LogP contribution >= 0.6 is 23.1 Å². The van der Waals surface area contributed by atoms with Gasteiger partial charge in [0.2, 0.25) is 5.91 Å². The fourth-order valence-corrected chi connectivity index (χ4v) is 3.89. The number of thiophene rings is 1. The summed E-state index contributed by atoms with van der Waals surface area (Å²) in [4.78, 5) is 29.1. The molecule has 0 aromatic carbocycles. The molecule has 2 aromatic heterocycles. The molecule has 1 aliphatic rings. The molecule has 0 spiro atoms. The van der Waals surface area contributed by atoms with Crippen molar-refractivity contribution < 1.29 is 4.79 Å². The number of fused-ring (bicyclic) bond motifs is 1. The van der Waals surface area contributed by atoms with E-state index in [-0.39, 0.29) is 17.5 Å². The topological polar surface area (TPSA) is 64.0 Å². The molecule has 3 heterocycles. The number of thioether (sulfide) groups is 1. The standard InChI is InChI=1S/C13H13N3O2S2/c17-11(15-7-10-2-1-5-19-10)6-9-8-20-13-14-4-3-12(18)16(9)13/h1-5,9H,6-8H2,(H,15,17)/t9-/m0/s1. The van der Waals surface area contributed by atoms with E-state index in [2.05, 4.69) is 10.3 Å². The van der Waals surface area contributed by atoms with Gasteiger partial charge in [-0.2, -0.15) is 0 Å². The first kappa shape index (κ1) is 13.4. The Kier molecular flexibility index (Phi) is 3.88. The molecule has 1 amide bonds. The Labute approximate surface area is 124 Å². The summed E-state index contributed by atoms with van der Waals surface area (Å²) in [5.41, 5.74) is -0.0870. The summed E-state index contributed by atoms with van der Waals surface area (Å²) in [5.74, 6) is 0.686. The fraction of sp³-hybridized carbons (Fsp3) is 0.308. The van der Waals surface area contributed by atoms with Crippen molar-refractivity contribution in [1.29, 1.82) is 0 Å². The maximum Gasteiger partial charge on any atom is 0.254 e. The molecule has 20 heavy (non-hydrogen) atoms. The molecular formula is C13H13N3O2S2. The molecule has 1 aliphatic heterocycles. The van der Waals surface area contributed by atoms with E-state index in [1.165, 1.54) is 24.0 Å². The molecule has 5 nitrogen and oxygen atoms in total. The minimum Gasteiger partial charge on any atom is -0.351 e. The normalized spacial score (nSPS) is 16.9. The van der Waals surface area contributed by atoms with Gasteiger partial charge in [-0.1, -0.05) is 17.8 Å². The molecule has 0 radical (unpaired) electrons. The highest BCUT2D eigenvalue weighted by molar-refractivity contribution is 7.99. The molecule has 7 heteroatoms. The van der Waals surface area contributed by atoms with Gasteiger partial charge in [-0.15, -0.1) is 11.3 Å². The maximum atomic E-state index is 12.0. The Balaban J connectivity index is 1.62. The van der Waals surface area contributed by atoms with Crippen molar-refractivity contribution in [3.05, 3.63) is 45.0 Å². The SMILES string of the molecule is O=C(C[C@H]1CSc2nccc(=O)n21)NCc1cccs1. The van der Waals surface area contributed by atoms with Gasteiger partial charge in [0.05, 0.1) is 12.6 Å². The number of aromatic nitrogens is 2. The maximum absolute atomic E-state index is 12.0. The van der Waals surface area contributed by atoms with Crippen molar-refractivity contribution in [3.63, 3.8) is 0 Å². The zero-order valence-electron chi connectivity index (χ0n) is 10.6. The minimum atomic E-state index is -0.0977. The number of rotatable bonds is 4. The van der Waals surface area contributed by atoms with Crippen LogP contribution in [0.1, 0.15) is 17.3 Å². The van der Waals surface area contributed by atoms with E-state index in [1.54, 1.807) is 15.9 Å². The third-order valence-electron chi connectivity index (χ3n) is 3.08. The van der Waals surface area contributed by atoms with Crippen LogP contribution in [0.5, 0.6) is 0 Å². The van der Waals surface area contributed by atoms with E-state index in [9.17, 15) is 9.59 Å². The highest BCUT2D eigenvalue weighted by Gasteiger charge is 2.26. The Morgan fingerprint density at radius 3 is 3.20 bits per heavy atom. The number of hydrogen-bond acceptors (Lipinski definition) is 5. The van der Waals surface area contributed by atoms with E-state index in [1.807, 2.05) is 17.5 Å². The predicted molar refractivity (Wildman–Crippen MR) is 79.0 cm³/mol. The Morgan fingerprint density at radius 2 is 2.40 bits per heavy atom. The summed E-state index contributed by atoms with van der Waals surface area (Å²) in [6.07, 6.45) is 1.83. The molecule has 104 valence electrons. The van der Waals surface area contributed by atoms with Crippen LogP contribution in [-0.4, -0.2) is 21.2 Å². The Morgan fingerprint density at radius 1 is 1.50 bits per heavy atom. The lowest BCUT2D eigenvalue weighted by Gasteiger charge is -2.12. The van der Waals surface area contributed by atoms with Crippen molar-refractivity contribution in [2.45, 2.75) is 24.2 Å². The number of amides is 1. The number of nitrogens with one attached hydrogen (secondary N) is 1. The molecule has 0 unspecified atom stereocenters. The van der Waals surface area contributed by atoms with Gasteiger partial charge in [0.1, 0.15) is 0 Å². The summed E-state index contributed by atoms with van der Waals surface area (Å²) < 4.78 is 1.62.